The number of aromatic nitrogens is 2. The van der Waals surface area contributed by atoms with Gasteiger partial charge in [-0.1, -0.05) is 30.3 Å². The number of likely N-dealkylation sites (N-methyl/N-ethyl adjacent to an activating group) is 1. The van der Waals surface area contributed by atoms with Crippen LogP contribution in [0.5, 0.6) is 0 Å². The average Bonchev–Trinajstić information content (AvgIpc) is 3.17. The maximum Gasteiger partial charge on any atom is 0.163 e. The Morgan fingerprint density at radius 3 is 2.75 bits per heavy atom. The molecule has 136 valence electrons. The van der Waals surface area contributed by atoms with Gasteiger partial charge in [0.15, 0.2) is 5.69 Å². The monoisotopic (exact) mass is 366 g/mol. The van der Waals surface area contributed by atoms with E-state index >= 15 is 0 Å². The Balaban J connectivity index is 1.56. The fourth-order valence-corrected chi connectivity index (χ4v) is 3.97. The van der Waals surface area contributed by atoms with Crippen molar-refractivity contribution in [3.05, 3.63) is 83.2 Å². The highest BCUT2D eigenvalue weighted by Gasteiger charge is 2.27. The van der Waals surface area contributed by atoms with Gasteiger partial charge in [-0.2, -0.15) is 5.26 Å². The van der Waals surface area contributed by atoms with E-state index in [0.29, 0.717) is 5.69 Å². The van der Waals surface area contributed by atoms with Crippen molar-refractivity contribution in [3.63, 3.8) is 0 Å². The summed E-state index contributed by atoms with van der Waals surface area (Å²) in [7, 11) is 2.13. The Morgan fingerprint density at radius 1 is 1.07 bits per heavy atom. The number of hydrogen-bond donors (Lipinski definition) is 0. The van der Waals surface area contributed by atoms with Gasteiger partial charge in [-0.15, -0.1) is 10.2 Å². The first kappa shape index (κ1) is 16.7. The predicted molar refractivity (Wildman–Crippen MR) is 107 cm³/mol. The van der Waals surface area contributed by atoms with Gasteiger partial charge < -0.3 is 9.32 Å². The van der Waals surface area contributed by atoms with Gasteiger partial charge in [-0.05, 0) is 48.5 Å². The molecule has 0 saturated carbocycles. The maximum atomic E-state index is 8.91. The second-order valence-electron chi connectivity index (χ2n) is 7.27. The zero-order valence-electron chi connectivity index (χ0n) is 15.5. The van der Waals surface area contributed by atoms with Crippen LogP contribution in [0, 0.1) is 11.3 Å². The van der Waals surface area contributed by atoms with Crippen LogP contribution < -0.4 is 0 Å². The molecule has 2 aromatic carbocycles. The Kier molecular flexibility index (Phi) is 3.92. The molecule has 5 rings (SSSR count). The van der Waals surface area contributed by atoms with E-state index in [1.54, 1.807) is 6.07 Å². The fourth-order valence-electron chi connectivity index (χ4n) is 3.97. The third kappa shape index (κ3) is 2.84. The molecular weight excluding hydrogens is 348 g/mol. The summed E-state index contributed by atoms with van der Waals surface area (Å²) in [6, 6.07) is 22.3. The Hall–Kier alpha value is -3.49. The van der Waals surface area contributed by atoms with Crippen LogP contribution in [0.15, 0.2) is 65.1 Å². The zero-order valence-corrected chi connectivity index (χ0v) is 15.5. The first-order valence-electron chi connectivity index (χ1n) is 9.25. The summed E-state index contributed by atoms with van der Waals surface area (Å²) in [4.78, 5) is 2.31. The van der Waals surface area contributed by atoms with Crippen molar-refractivity contribution in [2.45, 2.75) is 12.5 Å². The number of fused-ring (bicyclic) bond motifs is 2. The zero-order chi connectivity index (χ0) is 19.1. The topological polar surface area (TPSA) is 66.0 Å². The molecule has 1 unspecified atom stereocenters. The second kappa shape index (κ2) is 6.59. The van der Waals surface area contributed by atoms with Crippen LogP contribution >= 0.6 is 0 Å². The summed E-state index contributed by atoms with van der Waals surface area (Å²) in [5.41, 5.74) is 5.60. The number of nitrogens with zero attached hydrogens (tertiary/aromatic N) is 4. The van der Waals surface area contributed by atoms with E-state index in [1.165, 1.54) is 11.1 Å². The summed E-state index contributed by atoms with van der Waals surface area (Å²) < 4.78 is 6.17. The molecular formula is C23H18N4O. The molecule has 0 amide bonds. The van der Waals surface area contributed by atoms with Gasteiger partial charge in [0.25, 0.3) is 0 Å². The Labute approximate surface area is 162 Å². The summed E-state index contributed by atoms with van der Waals surface area (Å²) in [5, 5.41) is 18.2. The molecule has 0 N–H and O–H groups in total. The van der Waals surface area contributed by atoms with E-state index in [2.05, 4.69) is 52.5 Å². The minimum Gasteiger partial charge on any atom is -0.460 e. The first-order valence-corrected chi connectivity index (χ1v) is 9.25. The lowest BCUT2D eigenvalue weighted by Gasteiger charge is -2.31. The lowest BCUT2D eigenvalue weighted by atomic mass is 9.86. The van der Waals surface area contributed by atoms with E-state index in [4.69, 9.17) is 9.68 Å². The van der Waals surface area contributed by atoms with Gasteiger partial charge in [-0.25, -0.2) is 0 Å². The van der Waals surface area contributed by atoms with E-state index in [-0.39, 0.29) is 5.92 Å². The van der Waals surface area contributed by atoms with Gasteiger partial charge in [-0.3, -0.25) is 0 Å². The molecule has 28 heavy (non-hydrogen) atoms. The third-order valence-corrected chi connectivity index (χ3v) is 5.32. The third-order valence-electron chi connectivity index (χ3n) is 5.32. The van der Waals surface area contributed by atoms with E-state index in [1.807, 2.05) is 30.3 Å². The first-order chi connectivity index (χ1) is 13.7. The molecule has 3 heterocycles. The van der Waals surface area contributed by atoms with E-state index in [9.17, 15) is 0 Å². The molecule has 0 spiro atoms. The van der Waals surface area contributed by atoms with Crippen molar-refractivity contribution < 1.29 is 4.42 Å². The average molecular weight is 366 g/mol. The number of benzene rings is 2. The highest BCUT2D eigenvalue weighted by atomic mass is 16.3. The quantitative estimate of drug-likeness (QED) is 0.528. The number of para-hydroxylation sites is 1. The standard InChI is InChI=1S/C23H18N4O/c1-27-13-17-10-15(21-9-7-18(12-24)25-26-21)6-8-19(17)20(14-27)23-11-16-4-2-3-5-22(16)28-23/h2-11,20H,13-14H2,1H3. The fraction of sp³-hybridized carbons (Fsp3) is 0.174. The Morgan fingerprint density at radius 2 is 1.96 bits per heavy atom. The lowest BCUT2D eigenvalue weighted by molar-refractivity contribution is 0.282. The van der Waals surface area contributed by atoms with Crippen molar-refractivity contribution in [2.75, 3.05) is 13.6 Å². The van der Waals surface area contributed by atoms with Crippen LogP contribution in [0.4, 0.5) is 0 Å². The minimum absolute atomic E-state index is 0.197. The molecule has 0 saturated heterocycles. The van der Waals surface area contributed by atoms with Gasteiger partial charge in [0, 0.05) is 24.0 Å². The SMILES string of the molecule is CN1Cc2cc(-c3ccc(C#N)nn3)ccc2C(c2cc3ccccc3o2)C1. The minimum atomic E-state index is 0.197. The van der Waals surface area contributed by atoms with Crippen LogP contribution in [0.25, 0.3) is 22.2 Å². The van der Waals surface area contributed by atoms with Crippen LogP contribution in [-0.4, -0.2) is 28.7 Å². The molecule has 2 aromatic heterocycles. The molecule has 0 bridgehead atoms. The second-order valence-corrected chi connectivity index (χ2v) is 7.27. The van der Waals surface area contributed by atoms with Crippen molar-refractivity contribution in [3.8, 4) is 17.3 Å². The predicted octanol–water partition coefficient (Wildman–Crippen LogP) is 4.34. The number of hydrogen-bond acceptors (Lipinski definition) is 5. The van der Waals surface area contributed by atoms with E-state index in [0.717, 1.165) is 41.1 Å². The van der Waals surface area contributed by atoms with Crippen LogP contribution in [-0.2, 0) is 6.54 Å². The van der Waals surface area contributed by atoms with Crippen LogP contribution in [0.1, 0.15) is 28.5 Å². The smallest absolute Gasteiger partial charge is 0.163 e. The molecule has 4 aromatic rings. The van der Waals surface area contributed by atoms with Crippen molar-refractivity contribution >= 4 is 11.0 Å². The highest BCUT2D eigenvalue weighted by molar-refractivity contribution is 5.78. The Bertz CT molecular complexity index is 1170. The summed E-state index contributed by atoms with van der Waals surface area (Å²) in [6.45, 7) is 1.80. The number of furan rings is 1. The molecule has 0 aliphatic carbocycles. The molecule has 1 atom stereocenters. The molecule has 1 aliphatic heterocycles. The van der Waals surface area contributed by atoms with Gasteiger partial charge in [0.2, 0.25) is 0 Å². The van der Waals surface area contributed by atoms with Gasteiger partial charge in [0.1, 0.15) is 17.4 Å². The molecule has 5 heteroatoms. The summed E-state index contributed by atoms with van der Waals surface area (Å²) in [5.74, 6) is 1.20. The summed E-state index contributed by atoms with van der Waals surface area (Å²) >= 11 is 0. The molecule has 5 nitrogen and oxygen atoms in total. The maximum absolute atomic E-state index is 8.91. The number of rotatable bonds is 2. The largest absolute Gasteiger partial charge is 0.460 e. The molecule has 1 aliphatic rings. The van der Waals surface area contributed by atoms with Crippen molar-refractivity contribution in [2.24, 2.45) is 0 Å². The lowest BCUT2D eigenvalue weighted by Crippen LogP contribution is -2.30. The normalized spacial score (nSPS) is 16.6. The summed E-state index contributed by atoms with van der Waals surface area (Å²) in [6.07, 6.45) is 0. The van der Waals surface area contributed by atoms with E-state index < -0.39 is 0 Å². The van der Waals surface area contributed by atoms with Crippen LogP contribution in [0.3, 0.4) is 0 Å². The molecule has 0 radical (unpaired) electrons. The van der Waals surface area contributed by atoms with Crippen molar-refractivity contribution in [1.82, 2.24) is 15.1 Å². The van der Waals surface area contributed by atoms with Gasteiger partial charge in [0.05, 0.1) is 11.6 Å². The van der Waals surface area contributed by atoms with Crippen molar-refractivity contribution in [1.29, 1.82) is 5.26 Å². The van der Waals surface area contributed by atoms with Gasteiger partial charge >= 0.3 is 0 Å². The van der Waals surface area contributed by atoms with Crippen LogP contribution in [0.2, 0.25) is 0 Å². The number of nitriles is 1. The highest BCUT2D eigenvalue weighted by Crippen LogP contribution is 2.37. The molecule has 0 fully saturated rings.